The topological polar surface area (TPSA) is 132 Å². The van der Waals surface area contributed by atoms with Crippen LogP contribution in [0.25, 0.3) is 0 Å². The van der Waals surface area contributed by atoms with E-state index in [0.29, 0.717) is 45.4 Å². The molecule has 0 aromatic carbocycles. The van der Waals surface area contributed by atoms with Crippen LogP contribution in [0.1, 0.15) is 94.9 Å². The quantitative estimate of drug-likeness (QED) is 0.124. The predicted octanol–water partition coefficient (Wildman–Crippen LogP) is 5.48. The number of hydrogen-bond donors (Lipinski definition) is 1. The van der Waals surface area contributed by atoms with Crippen LogP contribution >= 0.6 is 15.9 Å². The number of rotatable bonds is 13. The molecule has 1 atom stereocenters. The number of primary amides is 1. The second kappa shape index (κ2) is 16.1. The number of carbonyl (C=O) groups is 4. The molecule has 0 radical (unpaired) electrons. The predicted molar refractivity (Wildman–Crippen MR) is 155 cm³/mol. The van der Waals surface area contributed by atoms with Gasteiger partial charge in [-0.05, 0) is 88.0 Å². The van der Waals surface area contributed by atoms with E-state index >= 15 is 0 Å². The smallest absolute Gasteiger partial charge is 0.411 e. The Kier molecular flexibility index (Phi) is 15.2. The van der Waals surface area contributed by atoms with Crippen LogP contribution in [0.3, 0.4) is 0 Å². The summed E-state index contributed by atoms with van der Waals surface area (Å²) in [4.78, 5) is 53.3. The summed E-state index contributed by atoms with van der Waals surface area (Å²) in [5, 5.41) is 0. The van der Waals surface area contributed by atoms with Crippen molar-refractivity contribution in [2.24, 2.45) is 5.73 Å². The van der Waals surface area contributed by atoms with Gasteiger partial charge in [0.1, 0.15) is 16.8 Å². The summed E-state index contributed by atoms with van der Waals surface area (Å²) in [6.45, 7) is 20.0. The lowest BCUT2D eigenvalue weighted by molar-refractivity contribution is -0.120. The van der Waals surface area contributed by atoms with Crippen molar-refractivity contribution >= 4 is 40.1 Å². The SMILES string of the molecule is CCCN(CCCN(CCCCN(C(=O)OC(C)(C)C)C(Br)C(N)=O)C(=O)OC(C)(C)C)C(=O)OC(C)(C)C. The van der Waals surface area contributed by atoms with Gasteiger partial charge in [0.15, 0.2) is 4.95 Å². The third-order valence-electron chi connectivity index (χ3n) is 4.87. The van der Waals surface area contributed by atoms with Crippen molar-refractivity contribution in [1.29, 1.82) is 0 Å². The van der Waals surface area contributed by atoms with E-state index in [4.69, 9.17) is 19.9 Å². The average Bonchev–Trinajstić information content (AvgIpc) is 2.72. The van der Waals surface area contributed by atoms with Gasteiger partial charge < -0.3 is 29.7 Å². The van der Waals surface area contributed by atoms with Crippen LogP contribution in [-0.2, 0) is 19.0 Å². The Bertz CT molecular complexity index is 803. The first kappa shape index (κ1) is 36.8. The lowest BCUT2D eigenvalue weighted by Gasteiger charge is -2.31. The van der Waals surface area contributed by atoms with E-state index in [-0.39, 0.29) is 12.6 Å². The summed E-state index contributed by atoms with van der Waals surface area (Å²) in [7, 11) is 0. The third-order valence-corrected chi connectivity index (χ3v) is 5.81. The lowest BCUT2D eigenvalue weighted by atomic mass is 10.2. The zero-order chi connectivity index (χ0) is 30.6. The van der Waals surface area contributed by atoms with Gasteiger partial charge in [0.05, 0.1) is 0 Å². The van der Waals surface area contributed by atoms with Gasteiger partial charge in [-0.2, -0.15) is 0 Å². The molecule has 0 aromatic rings. The van der Waals surface area contributed by atoms with Gasteiger partial charge in [-0.1, -0.05) is 22.9 Å². The number of hydrogen-bond acceptors (Lipinski definition) is 7. The van der Waals surface area contributed by atoms with Gasteiger partial charge in [0, 0.05) is 32.7 Å². The van der Waals surface area contributed by atoms with Crippen molar-refractivity contribution in [1.82, 2.24) is 14.7 Å². The highest BCUT2D eigenvalue weighted by molar-refractivity contribution is 9.09. The third kappa shape index (κ3) is 17.1. The van der Waals surface area contributed by atoms with E-state index in [1.807, 2.05) is 27.7 Å². The number of halogens is 1. The number of alkyl halides is 1. The minimum atomic E-state index is -1.02. The Hall–Kier alpha value is -2.24. The van der Waals surface area contributed by atoms with E-state index in [2.05, 4.69) is 15.9 Å². The molecule has 2 N–H and O–H groups in total. The molecule has 0 aliphatic carbocycles. The van der Waals surface area contributed by atoms with Crippen molar-refractivity contribution in [3.8, 4) is 0 Å². The standard InChI is InChI=1S/C27H51BrN4O7/c1-11-15-30(22(34)37-25(2,3)4)17-14-18-31(23(35)38-26(5,6)7)16-12-13-19-32(20(28)21(29)33)24(36)39-27(8,9)10/h20H,11-19H2,1-10H3,(H2,29,33). The summed E-state index contributed by atoms with van der Waals surface area (Å²) >= 11 is 3.17. The van der Waals surface area contributed by atoms with E-state index in [1.165, 1.54) is 4.90 Å². The highest BCUT2D eigenvalue weighted by Crippen LogP contribution is 2.17. The number of nitrogens with two attached hydrogens (primary N) is 1. The Morgan fingerprint density at radius 3 is 1.38 bits per heavy atom. The first-order valence-electron chi connectivity index (χ1n) is 13.6. The maximum atomic E-state index is 12.9. The van der Waals surface area contributed by atoms with E-state index in [1.54, 1.807) is 51.3 Å². The van der Waals surface area contributed by atoms with E-state index in [9.17, 15) is 19.2 Å². The summed E-state index contributed by atoms with van der Waals surface area (Å²) in [6.07, 6.45) is 0.826. The highest BCUT2D eigenvalue weighted by Gasteiger charge is 2.30. The first-order valence-corrected chi connectivity index (χ1v) is 14.5. The molecule has 12 heteroatoms. The number of nitrogens with zero attached hydrogens (tertiary/aromatic N) is 3. The van der Waals surface area contributed by atoms with E-state index in [0.717, 1.165) is 6.42 Å². The molecule has 0 aromatic heterocycles. The van der Waals surface area contributed by atoms with Gasteiger partial charge in [-0.15, -0.1) is 0 Å². The lowest BCUT2D eigenvalue weighted by Crippen LogP contribution is -2.47. The molecule has 11 nitrogen and oxygen atoms in total. The Morgan fingerprint density at radius 1 is 0.641 bits per heavy atom. The van der Waals surface area contributed by atoms with Crippen molar-refractivity contribution in [2.45, 2.75) is 117 Å². The van der Waals surface area contributed by atoms with Crippen LogP contribution in [0.2, 0.25) is 0 Å². The fourth-order valence-corrected chi connectivity index (χ4v) is 3.69. The van der Waals surface area contributed by atoms with Gasteiger partial charge in [-0.25, -0.2) is 14.4 Å². The van der Waals surface area contributed by atoms with Crippen LogP contribution in [0, 0.1) is 0 Å². The van der Waals surface area contributed by atoms with Crippen molar-refractivity contribution < 1.29 is 33.4 Å². The van der Waals surface area contributed by atoms with Gasteiger partial charge in [-0.3, -0.25) is 9.69 Å². The number of unbranched alkanes of at least 4 members (excludes halogenated alkanes) is 1. The van der Waals surface area contributed by atoms with Gasteiger partial charge >= 0.3 is 18.3 Å². The normalized spacial score (nSPS) is 12.8. The molecule has 0 bridgehead atoms. The zero-order valence-electron chi connectivity index (χ0n) is 25.6. The van der Waals surface area contributed by atoms with Crippen LogP contribution < -0.4 is 5.73 Å². The molecule has 0 rings (SSSR count). The molecular weight excluding hydrogens is 572 g/mol. The highest BCUT2D eigenvalue weighted by atomic mass is 79.9. The molecule has 0 aliphatic heterocycles. The molecule has 228 valence electrons. The number of ether oxygens (including phenoxy) is 3. The second-order valence-electron chi connectivity index (χ2n) is 12.4. The van der Waals surface area contributed by atoms with Crippen LogP contribution in [0.15, 0.2) is 0 Å². The van der Waals surface area contributed by atoms with Crippen molar-refractivity contribution in [2.75, 3.05) is 32.7 Å². The molecule has 0 saturated heterocycles. The molecule has 0 spiro atoms. The molecule has 4 amide bonds. The second-order valence-corrected chi connectivity index (χ2v) is 13.3. The zero-order valence-corrected chi connectivity index (χ0v) is 27.2. The summed E-state index contributed by atoms with van der Waals surface area (Å²) in [5.41, 5.74) is 3.40. The van der Waals surface area contributed by atoms with Gasteiger partial charge in [0.25, 0.3) is 5.91 Å². The van der Waals surface area contributed by atoms with Crippen molar-refractivity contribution in [3.63, 3.8) is 0 Å². The summed E-state index contributed by atoms with van der Waals surface area (Å²) < 4.78 is 16.5. The Labute approximate surface area is 243 Å². The van der Waals surface area contributed by atoms with Crippen LogP contribution in [0.5, 0.6) is 0 Å². The van der Waals surface area contributed by atoms with Crippen LogP contribution in [0.4, 0.5) is 14.4 Å². The minimum Gasteiger partial charge on any atom is -0.444 e. The average molecular weight is 624 g/mol. The van der Waals surface area contributed by atoms with E-state index < -0.39 is 39.8 Å². The molecular formula is C27H51BrN4O7. The van der Waals surface area contributed by atoms with Crippen LogP contribution in [-0.4, -0.2) is 93.4 Å². The van der Waals surface area contributed by atoms with Crippen molar-refractivity contribution in [3.05, 3.63) is 0 Å². The molecule has 0 aliphatic rings. The molecule has 0 fully saturated rings. The molecule has 1 unspecified atom stereocenters. The maximum absolute atomic E-state index is 12.9. The first-order chi connectivity index (χ1) is 17.7. The fourth-order valence-electron chi connectivity index (χ4n) is 3.32. The summed E-state index contributed by atoms with van der Waals surface area (Å²) in [5.74, 6) is -0.710. The minimum absolute atomic E-state index is 0.193. The van der Waals surface area contributed by atoms with Gasteiger partial charge in [0.2, 0.25) is 0 Å². The Morgan fingerprint density at radius 2 is 1.00 bits per heavy atom. The Balaban J connectivity index is 5.29. The number of amides is 4. The molecule has 0 saturated carbocycles. The molecule has 39 heavy (non-hydrogen) atoms. The number of carbonyl (C=O) groups excluding carboxylic acids is 4. The monoisotopic (exact) mass is 622 g/mol. The summed E-state index contributed by atoms with van der Waals surface area (Å²) in [6, 6.07) is 0. The largest absolute Gasteiger partial charge is 0.444 e. The maximum Gasteiger partial charge on any atom is 0.411 e. The fraction of sp³-hybridized carbons (Fsp3) is 0.852. The molecule has 0 heterocycles.